The Morgan fingerprint density at radius 1 is 1.79 bits per heavy atom. The van der Waals surface area contributed by atoms with Crippen LogP contribution in [0.4, 0.5) is 0 Å². The maximum Gasteiger partial charge on any atom is 0.281 e. The Balaban J connectivity index is 2.44. The summed E-state index contributed by atoms with van der Waals surface area (Å²) in [6.45, 7) is 3.32. The summed E-state index contributed by atoms with van der Waals surface area (Å²) in [6, 6.07) is 0. The van der Waals surface area contributed by atoms with Crippen LogP contribution in [0.2, 0.25) is 0 Å². The molecule has 0 aliphatic carbocycles. The first kappa shape index (κ1) is 11.7. The van der Waals surface area contributed by atoms with Crippen molar-refractivity contribution in [2.45, 2.75) is 0 Å². The van der Waals surface area contributed by atoms with Crippen molar-refractivity contribution in [1.29, 1.82) is 0 Å². The smallest absolute Gasteiger partial charge is 0.281 e. The molecule has 0 unspecified atom stereocenters. The molecule has 0 saturated heterocycles. The van der Waals surface area contributed by atoms with Gasteiger partial charge in [0, 0.05) is 8.35 Å². The zero-order valence-corrected chi connectivity index (χ0v) is 9.57. The monoisotopic (exact) mass is 253 g/mol. The van der Waals surface area contributed by atoms with E-state index in [9.17, 15) is 8.42 Å². The van der Waals surface area contributed by atoms with E-state index in [0.717, 1.165) is 12.0 Å². The van der Waals surface area contributed by atoms with E-state index in [1.54, 1.807) is 6.08 Å². The lowest BCUT2D eigenvalue weighted by Crippen LogP contribution is -2.07. The van der Waals surface area contributed by atoms with Gasteiger partial charge in [-0.1, -0.05) is 6.08 Å². The molecule has 0 amide bonds. The van der Waals surface area contributed by atoms with Crippen molar-refractivity contribution in [2.75, 3.05) is 5.75 Å². The molecule has 14 heavy (non-hydrogen) atoms. The van der Waals surface area contributed by atoms with Crippen molar-refractivity contribution in [3.05, 3.63) is 25.0 Å². The van der Waals surface area contributed by atoms with Gasteiger partial charge in [-0.15, -0.1) is 11.8 Å². The molecule has 8 heteroatoms. The Morgan fingerprint density at radius 3 is 3.14 bits per heavy atom. The van der Waals surface area contributed by atoms with Crippen LogP contribution in [0.15, 0.2) is 25.0 Å². The third-order valence-electron chi connectivity index (χ3n) is 1.03. The van der Waals surface area contributed by atoms with Gasteiger partial charge < -0.3 is 4.84 Å². The molecule has 0 aromatic rings. The first-order valence-corrected chi connectivity index (χ1v) is 6.70. The van der Waals surface area contributed by atoms with Crippen molar-refractivity contribution in [3.8, 4) is 0 Å². The number of rotatable bonds is 5. The van der Waals surface area contributed by atoms with Crippen molar-refractivity contribution in [3.63, 3.8) is 0 Å². The first-order chi connectivity index (χ1) is 6.64. The van der Waals surface area contributed by atoms with E-state index in [1.165, 1.54) is 12.3 Å². The fourth-order valence-corrected chi connectivity index (χ4v) is 2.73. The average Bonchev–Trinajstić information content (AvgIpc) is 2.17. The van der Waals surface area contributed by atoms with Crippen molar-refractivity contribution < 1.29 is 16.9 Å². The summed E-state index contributed by atoms with van der Waals surface area (Å²) >= 11 is 0.784. The summed E-state index contributed by atoms with van der Waals surface area (Å²) in [4.78, 5) is 4.68. The molecule has 0 spiro atoms. The first-order valence-electron chi connectivity index (χ1n) is 3.49. The fraction of sp³-hybridized carbons (Fsp3) is 0.167. The Morgan fingerprint density at radius 2 is 2.57 bits per heavy atom. The van der Waals surface area contributed by atoms with Crippen LogP contribution in [0.3, 0.4) is 0 Å². The lowest BCUT2D eigenvalue weighted by atomic mass is 10.7. The number of hydrogen-bond acceptors (Lipinski definition) is 6. The highest BCUT2D eigenvalue weighted by Gasteiger charge is 2.11. The summed E-state index contributed by atoms with van der Waals surface area (Å²) in [7, 11) is -2.86. The summed E-state index contributed by atoms with van der Waals surface area (Å²) in [5.74, 6) is -0.197. The largest absolute Gasteiger partial charge is 0.408 e. The highest BCUT2D eigenvalue weighted by molar-refractivity contribution is 8.19. The lowest BCUT2D eigenvalue weighted by molar-refractivity contribution is 0.212. The quantitative estimate of drug-likeness (QED) is 0.451. The Kier molecular flexibility index (Phi) is 4.64. The van der Waals surface area contributed by atoms with Crippen LogP contribution >= 0.6 is 20.4 Å². The van der Waals surface area contributed by atoms with Gasteiger partial charge in [0.15, 0.2) is 0 Å². The molecule has 1 heterocycles. The minimum absolute atomic E-state index is 0.197. The average molecular weight is 253 g/mol. The van der Waals surface area contributed by atoms with E-state index in [1.807, 2.05) is 0 Å². The summed E-state index contributed by atoms with van der Waals surface area (Å²) < 4.78 is 27.5. The van der Waals surface area contributed by atoms with E-state index in [4.69, 9.17) is 0 Å². The Bertz CT molecular complexity index is 362. The lowest BCUT2D eigenvalue weighted by Gasteiger charge is -2.05. The van der Waals surface area contributed by atoms with E-state index < -0.39 is 10.1 Å². The fourth-order valence-electron chi connectivity index (χ4n) is 0.536. The highest BCUT2D eigenvalue weighted by Crippen LogP contribution is 2.18. The Hall–Kier alpha value is -0.330. The van der Waals surface area contributed by atoms with Gasteiger partial charge in [-0.2, -0.15) is 12.0 Å². The minimum Gasteiger partial charge on any atom is -0.408 e. The van der Waals surface area contributed by atoms with Crippen molar-refractivity contribution >= 4 is 35.1 Å². The normalized spacial score (nSPS) is 17.0. The number of hydrogen-bond donors (Lipinski definition) is 1. The molecule has 1 rings (SSSR count). The van der Waals surface area contributed by atoms with E-state index in [-0.39, 0.29) is 5.75 Å². The molecule has 1 aliphatic rings. The molecule has 5 nitrogen and oxygen atoms in total. The summed E-state index contributed by atoms with van der Waals surface area (Å²) in [5.41, 5.74) is 0. The van der Waals surface area contributed by atoms with Gasteiger partial charge >= 0.3 is 0 Å². The van der Waals surface area contributed by atoms with Gasteiger partial charge in [0.1, 0.15) is 6.26 Å². The molecule has 0 atom stereocenters. The predicted octanol–water partition coefficient (Wildman–Crippen LogP) is 1.21. The zero-order chi connectivity index (χ0) is 10.4. The maximum atomic E-state index is 11.1. The van der Waals surface area contributed by atoms with E-state index >= 15 is 0 Å². The molecule has 78 valence electrons. The second-order valence-corrected chi connectivity index (χ2v) is 5.92. The van der Waals surface area contributed by atoms with Crippen LogP contribution in [0.5, 0.6) is 0 Å². The second kappa shape index (κ2) is 5.53. The summed E-state index contributed by atoms with van der Waals surface area (Å²) in [6.07, 6.45) is 4.30. The van der Waals surface area contributed by atoms with Crippen LogP contribution in [-0.2, 0) is 18.6 Å². The van der Waals surface area contributed by atoms with Gasteiger partial charge in [0.2, 0.25) is 0 Å². The number of nitrogens with one attached hydrogen (secondary N) is 1. The molecule has 0 fully saturated rings. The molecular formula is C6H8NO4PS2. The standard InChI is InChI=1S/C6H8NO4PS2/c1-2-5-14(8,9)11-13-6-3-4-10-7-12-6/h2-4,7H,1,5H2. The molecule has 0 radical (unpaired) electrons. The van der Waals surface area contributed by atoms with Gasteiger partial charge in [-0.25, -0.2) is 0 Å². The molecule has 0 saturated carbocycles. The van der Waals surface area contributed by atoms with Crippen molar-refractivity contribution in [1.82, 2.24) is 5.25 Å². The molecular weight excluding hydrogens is 245 g/mol. The van der Waals surface area contributed by atoms with Crippen LogP contribution in [0.1, 0.15) is 0 Å². The summed E-state index contributed by atoms with van der Waals surface area (Å²) in [5, 5.41) is 2.54. The molecule has 1 aliphatic heterocycles. The SMILES string of the molecule is C=CCS(=O)(=O)OSC1=PNOC=C1. The molecule has 1 N–H and O–H groups in total. The van der Waals surface area contributed by atoms with Crippen LogP contribution in [0.25, 0.3) is 0 Å². The molecule has 0 bridgehead atoms. The van der Waals surface area contributed by atoms with Gasteiger partial charge in [-0.3, -0.25) is 0 Å². The zero-order valence-electron chi connectivity index (χ0n) is 7.04. The Labute approximate surface area is 88.3 Å². The minimum atomic E-state index is -3.51. The molecule has 0 aromatic carbocycles. The van der Waals surface area contributed by atoms with Gasteiger partial charge in [0.25, 0.3) is 10.1 Å². The molecule has 0 aromatic heterocycles. The van der Waals surface area contributed by atoms with Crippen molar-refractivity contribution in [2.24, 2.45) is 0 Å². The van der Waals surface area contributed by atoms with E-state index in [0.29, 0.717) is 13.0 Å². The van der Waals surface area contributed by atoms with Gasteiger partial charge in [-0.05, 0) is 6.08 Å². The maximum absolute atomic E-state index is 11.1. The van der Waals surface area contributed by atoms with Gasteiger partial charge in [0.05, 0.1) is 22.4 Å². The topological polar surface area (TPSA) is 64.6 Å². The third kappa shape index (κ3) is 4.26. The van der Waals surface area contributed by atoms with E-state index in [2.05, 4.69) is 20.3 Å². The van der Waals surface area contributed by atoms with Crippen LogP contribution < -0.4 is 5.25 Å². The van der Waals surface area contributed by atoms with Crippen LogP contribution in [0, 0.1) is 0 Å². The van der Waals surface area contributed by atoms with Crippen LogP contribution in [-0.4, -0.2) is 18.8 Å². The second-order valence-electron chi connectivity index (χ2n) is 2.13. The third-order valence-corrected chi connectivity index (χ3v) is 4.15. The highest BCUT2D eigenvalue weighted by atomic mass is 32.3. The predicted molar refractivity (Wildman–Crippen MR) is 57.9 cm³/mol.